The number of hydrogen-bond donors (Lipinski definition) is 1. The van der Waals surface area contributed by atoms with Crippen molar-refractivity contribution in [2.75, 3.05) is 17.3 Å². The first-order valence-corrected chi connectivity index (χ1v) is 3.34. The van der Waals surface area contributed by atoms with Gasteiger partial charge in [-0.05, 0) is 25.2 Å². The number of hydroxylamine groups is 1. The van der Waals surface area contributed by atoms with Gasteiger partial charge in [-0.2, -0.15) is 0 Å². The lowest BCUT2D eigenvalue weighted by Gasteiger charge is -2.28. The Morgan fingerprint density at radius 1 is 1.25 bits per heavy atom. The second-order valence-corrected chi connectivity index (χ2v) is 2.34. The second-order valence-electron chi connectivity index (χ2n) is 2.34. The summed E-state index contributed by atoms with van der Waals surface area (Å²) < 4.78 is 0. The molecule has 2 N–H and O–H groups in total. The highest BCUT2D eigenvalue weighted by Crippen LogP contribution is 2.18. The van der Waals surface area contributed by atoms with Crippen molar-refractivity contribution in [3.05, 3.63) is 34.7 Å². The molecular formula is C7H9N3O2-2. The molecule has 1 rings (SSSR count). The Bertz CT molecular complexity index is 239. The lowest BCUT2D eigenvalue weighted by molar-refractivity contribution is 1.08. The predicted molar refractivity (Wildman–Crippen MR) is 48.2 cm³/mol. The molecule has 0 saturated heterocycles. The van der Waals surface area contributed by atoms with Crippen LogP contribution >= 0.6 is 0 Å². The highest BCUT2D eigenvalue weighted by molar-refractivity contribution is 5.58. The van der Waals surface area contributed by atoms with Crippen LogP contribution in [0.2, 0.25) is 0 Å². The van der Waals surface area contributed by atoms with Gasteiger partial charge in [0.25, 0.3) is 0 Å². The molecule has 0 atom stereocenters. The fourth-order valence-electron chi connectivity index (χ4n) is 0.826. The van der Waals surface area contributed by atoms with Crippen molar-refractivity contribution in [3.63, 3.8) is 0 Å². The van der Waals surface area contributed by atoms with E-state index in [1.807, 2.05) is 0 Å². The molecule has 0 bridgehead atoms. The Balaban J connectivity index is 2.96. The Kier molecular flexibility index (Phi) is 2.49. The van der Waals surface area contributed by atoms with Gasteiger partial charge in [-0.3, -0.25) is 5.84 Å². The van der Waals surface area contributed by atoms with Crippen LogP contribution in [0.25, 0.3) is 0 Å². The molecule has 0 heterocycles. The Labute approximate surface area is 70.1 Å². The maximum absolute atomic E-state index is 10.8. The van der Waals surface area contributed by atoms with Gasteiger partial charge in [0.05, 0.1) is 0 Å². The molecule has 0 unspecified atom stereocenters. The zero-order valence-electron chi connectivity index (χ0n) is 6.60. The average molecular weight is 167 g/mol. The van der Waals surface area contributed by atoms with E-state index in [0.29, 0.717) is 10.8 Å². The van der Waals surface area contributed by atoms with Crippen molar-refractivity contribution < 1.29 is 0 Å². The number of hydrogen-bond acceptors (Lipinski definition) is 5. The van der Waals surface area contributed by atoms with Crippen molar-refractivity contribution >= 4 is 11.4 Å². The van der Waals surface area contributed by atoms with E-state index < -0.39 is 0 Å². The summed E-state index contributed by atoms with van der Waals surface area (Å²) in [5, 5.41) is 22.2. The summed E-state index contributed by atoms with van der Waals surface area (Å²) in [5.41, 5.74) is 0.661. The van der Waals surface area contributed by atoms with Crippen LogP contribution in [0, 0.1) is 10.4 Å². The Morgan fingerprint density at radius 2 is 1.83 bits per heavy atom. The molecule has 1 aromatic rings. The van der Waals surface area contributed by atoms with Gasteiger partial charge in [-0.15, -0.1) is 0 Å². The van der Waals surface area contributed by atoms with Gasteiger partial charge < -0.3 is 20.6 Å². The summed E-state index contributed by atoms with van der Waals surface area (Å²) in [4.78, 5) is 0. The fourth-order valence-corrected chi connectivity index (χ4v) is 0.826. The van der Waals surface area contributed by atoms with Crippen molar-refractivity contribution in [2.45, 2.75) is 0 Å². The maximum Gasteiger partial charge on any atom is 0.0423 e. The summed E-state index contributed by atoms with van der Waals surface area (Å²) in [6.07, 6.45) is 0. The number of anilines is 2. The lowest BCUT2D eigenvalue weighted by atomic mass is 10.3. The smallest absolute Gasteiger partial charge is 0.0423 e. The highest BCUT2D eigenvalue weighted by Gasteiger charge is 1.93. The standard InChI is InChI=1S/C7H9N3O2/c1-9(11)6-3-2-4-7(5-6)10(8)12/h2-5H,8H2,1H3/q-2. The molecular weight excluding hydrogens is 158 g/mol. The van der Waals surface area contributed by atoms with E-state index in [4.69, 9.17) is 5.84 Å². The summed E-state index contributed by atoms with van der Waals surface area (Å²) in [6, 6.07) is 6.14. The van der Waals surface area contributed by atoms with Gasteiger partial charge in [-0.25, -0.2) is 0 Å². The topological polar surface area (TPSA) is 78.6 Å². The summed E-state index contributed by atoms with van der Waals surface area (Å²) in [7, 11) is 1.35. The summed E-state index contributed by atoms with van der Waals surface area (Å²) in [6.45, 7) is 0. The second kappa shape index (κ2) is 3.40. The van der Waals surface area contributed by atoms with E-state index in [1.54, 1.807) is 12.1 Å². The normalized spacial score (nSPS) is 9.67. The Morgan fingerprint density at radius 3 is 2.33 bits per heavy atom. The third-order valence-corrected chi connectivity index (χ3v) is 1.45. The van der Waals surface area contributed by atoms with Crippen LogP contribution in [0.3, 0.4) is 0 Å². The molecule has 0 amide bonds. The van der Waals surface area contributed by atoms with E-state index >= 15 is 0 Å². The quantitative estimate of drug-likeness (QED) is 0.520. The number of hydrazine groups is 1. The monoisotopic (exact) mass is 167 g/mol. The average Bonchev–Trinajstić information content (AvgIpc) is 2.04. The zero-order chi connectivity index (χ0) is 9.14. The lowest BCUT2D eigenvalue weighted by Crippen LogP contribution is -2.22. The van der Waals surface area contributed by atoms with Gasteiger partial charge in [0.2, 0.25) is 0 Å². The van der Waals surface area contributed by atoms with Gasteiger partial charge >= 0.3 is 0 Å². The molecule has 5 heteroatoms. The van der Waals surface area contributed by atoms with E-state index in [2.05, 4.69) is 0 Å². The first-order valence-electron chi connectivity index (χ1n) is 3.34. The third-order valence-electron chi connectivity index (χ3n) is 1.45. The summed E-state index contributed by atoms with van der Waals surface area (Å²) in [5.74, 6) is 4.94. The highest BCUT2D eigenvalue weighted by atomic mass is 16.5. The first-order chi connectivity index (χ1) is 5.61. The van der Waals surface area contributed by atoms with Crippen LogP contribution < -0.4 is 16.1 Å². The molecule has 0 aliphatic carbocycles. The van der Waals surface area contributed by atoms with E-state index in [9.17, 15) is 10.4 Å². The van der Waals surface area contributed by atoms with E-state index in [-0.39, 0.29) is 10.9 Å². The number of nitrogens with zero attached hydrogens (tertiary/aromatic N) is 2. The number of nitrogens with two attached hydrogens (primary N) is 1. The number of benzene rings is 1. The minimum Gasteiger partial charge on any atom is -0.758 e. The molecule has 0 aromatic heterocycles. The van der Waals surface area contributed by atoms with Crippen LogP contribution in [0.1, 0.15) is 0 Å². The number of rotatable bonds is 2. The molecule has 0 fully saturated rings. The fraction of sp³-hybridized carbons (Fsp3) is 0.143. The predicted octanol–water partition coefficient (Wildman–Crippen LogP) is 0.798. The van der Waals surface area contributed by atoms with Gasteiger partial charge in [0.15, 0.2) is 0 Å². The molecule has 1 aromatic carbocycles. The molecule has 66 valence electrons. The molecule has 0 radical (unpaired) electrons. The van der Waals surface area contributed by atoms with Gasteiger partial charge in [-0.1, -0.05) is 6.07 Å². The van der Waals surface area contributed by atoms with Crippen molar-refractivity contribution in [2.24, 2.45) is 5.84 Å². The maximum atomic E-state index is 10.8. The molecule has 5 nitrogen and oxygen atoms in total. The van der Waals surface area contributed by atoms with Crippen LogP contribution in [-0.2, 0) is 0 Å². The van der Waals surface area contributed by atoms with Crippen molar-refractivity contribution in [1.29, 1.82) is 0 Å². The van der Waals surface area contributed by atoms with Crippen LogP contribution in [0.5, 0.6) is 0 Å². The van der Waals surface area contributed by atoms with E-state index in [1.165, 1.54) is 19.2 Å². The van der Waals surface area contributed by atoms with Crippen LogP contribution in [-0.4, -0.2) is 7.05 Å². The van der Waals surface area contributed by atoms with E-state index in [0.717, 1.165) is 0 Å². The molecule has 0 spiro atoms. The minimum atomic E-state index is 0.215. The molecule has 0 saturated carbocycles. The van der Waals surface area contributed by atoms with Gasteiger partial charge in [0.1, 0.15) is 0 Å². The molecule has 0 aliphatic rings. The first kappa shape index (κ1) is 8.79. The van der Waals surface area contributed by atoms with Crippen LogP contribution in [0.15, 0.2) is 24.3 Å². The van der Waals surface area contributed by atoms with Crippen LogP contribution in [0.4, 0.5) is 11.4 Å². The minimum absolute atomic E-state index is 0.215. The summed E-state index contributed by atoms with van der Waals surface area (Å²) >= 11 is 0. The molecule has 12 heavy (non-hydrogen) atoms. The zero-order valence-corrected chi connectivity index (χ0v) is 6.60. The molecule has 0 aliphatic heterocycles. The largest absolute Gasteiger partial charge is 0.758 e. The third kappa shape index (κ3) is 1.85. The van der Waals surface area contributed by atoms with Gasteiger partial charge in [0, 0.05) is 11.4 Å². The SMILES string of the molecule is CN([O-])c1cccc(N(N)[O-])c1. The Hall–Kier alpha value is -1.30. The van der Waals surface area contributed by atoms with Crippen molar-refractivity contribution in [1.82, 2.24) is 0 Å². The van der Waals surface area contributed by atoms with Crippen molar-refractivity contribution in [3.8, 4) is 0 Å².